The van der Waals surface area contributed by atoms with Gasteiger partial charge in [0, 0.05) is 38.8 Å². The van der Waals surface area contributed by atoms with Crippen LogP contribution in [0, 0.1) is 11.3 Å². The Bertz CT molecular complexity index is 336. The maximum atomic E-state index is 12.4. The zero-order valence-electron chi connectivity index (χ0n) is 13.1. The topological polar surface area (TPSA) is 32.5 Å². The molecular formula is C15H28F3N3. The summed E-state index contributed by atoms with van der Waals surface area (Å²) in [7, 11) is 0. The van der Waals surface area contributed by atoms with E-state index < -0.39 is 12.7 Å². The molecule has 3 nitrogen and oxygen atoms in total. The number of nitrogens with zero attached hydrogens (tertiary/aromatic N) is 2. The fraction of sp³-hybridized carbons (Fsp3) is 1.00. The normalized spacial score (nSPS) is 32.3. The van der Waals surface area contributed by atoms with Crippen molar-refractivity contribution >= 4 is 0 Å². The lowest BCUT2D eigenvalue weighted by Crippen LogP contribution is -2.52. The number of halogens is 3. The first-order chi connectivity index (χ1) is 9.65. The predicted octanol–water partition coefficient (Wildman–Crippen LogP) is 2.32. The van der Waals surface area contributed by atoms with Crippen molar-refractivity contribution in [3.05, 3.63) is 0 Å². The van der Waals surface area contributed by atoms with Crippen LogP contribution in [0.4, 0.5) is 13.2 Å². The number of hydrogen-bond donors (Lipinski definition) is 1. The van der Waals surface area contributed by atoms with Gasteiger partial charge in [-0.1, -0.05) is 13.8 Å². The highest BCUT2D eigenvalue weighted by molar-refractivity contribution is 4.89. The maximum absolute atomic E-state index is 12.4. The lowest BCUT2D eigenvalue weighted by atomic mass is 9.70. The van der Waals surface area contributed by atoms with Crippen LogP contribution in [0.2, 0.25) is 0 Å². The minimum absolute atomic E-state index is 0.242. The third kappa shape index (κ3) is 5.42. The molecule has 0 bridgehead atoms. The van der Waals surface area contributed by atoms with E-state index in [2.05, 4.69) is 18.7 Å². The van der Waals surface area contributed by atoms with Gasteiger partial charge in [0.2, 0.25) is 0 Å². The number of alkyl halides is 3. The summed E-state index contributed by atoms with van der Waals surface area (Å²) in [4.78, 5) is 3.79. The van der Waals surface area contributed by atoms with Crippen LogP contribution < -0.4 is 5.73 Å². The van der Waals surface area contributed by atoms with E-state index in [-0.39, 0.29) is 6.04 Å². The summed E-state index contributed by atoms with van der Waals surface area (Å²) in [5.74, 6) is 0.475. The quantitative estimate of drug-likeness (QED) is 0.868. The molecule has 1 heterocycles. The summed E-state index contributed by atoms with van der Waals surface area (Å²) in [5, 5.41) is 0. The van der Waals surface area contributed by atoms with Crippen LogP contribution in [0.3, 0.4) is 0 Å². The van der Waals surface area contributed by atoms with Crippen LogP contribution >= 0.6 is 0 Å². The van der Waals surface area contributed by atoms with Crippen molar-refractivity contribution in [2.24, 2.45) is 17.1 Å². The number of hydrogen-bond acceptors (Lipinski definition) is 3. The molecule has 0 spiro atoms. The fourth-order valence-electron chi connectivity index (χ4n) is 3.67. The molecule has 0 amide bonds. The molecule has 1 saturated heterocycles. The molecule has 124 valence electrons. The van der Waals surface area contributed by atoms with E-state index in [1.165, 1.54) is 11.3 Å². The van der Waals surface area contributed by atoms with Gasteiger partial charge in [0.1, 0.15) is 0 Å². The SMILES string of the molecule is CC1(C)CCC(N)C(CN2CCN(CC(F)(F)F)CC2)C1. The van der Waals surface area contributed by atoms with Gasteiger partial charge in [-0.3, -0.25) is 4.90 Å². The van der Waals surface area contributed by atoms with E-state index in [0.717, 1.165) is 32.5 Å². The van der Waals surface area contributed by atoms with Gasteiger partial charge in [0.05, 0.1) is 6.54 Å². The summed E-state index contributed by atoms with van der Waals surface area (Å²) >= 11 is 0. The second-order valence-corrected chi connectivity index (χ2v) is 7.52. The van der Waals surface area contributed by atoms with E-state index in [0.29, 0.717) is 24.4 Å². The Kier molecular flexibility index (Phi) is 5.21. The van der Waals surface area contributed by atoms with Crippen molar-refractivity contribution in [1.29, 1.82) is 0 Å². The van der Waals surface area contributed by atoms with Crippen LogP contribution in [-0.2, 0) is 0 Å². The van der Waals surface area contributed by atoms with Gasteiger partial charge in [-0.05, 0) is 30.6 Å². The largest absolute Gasteiger partial charge is 0.401 e. The number of piperazine rings is 1. The van der Waals surface area contributed by atoms with Crippen molar-refractivity contribution in [2.45, 2.75) is 45.3 Å². The predicted molar refractivity (Wildman–Crippen MR) is 78.0 cm³/mol. The Labute approximate surface area is 125 Å². The van der Waals surface area contributed by atoms with Crippen molar-refractivity contribution in [1.82, 2.24) is 9.80 Å². The van der Waals surface area contributed by atoms with Crippen LogP contribution in [0.5, 0.6) is 0 Å². The Balaban J connectivity index is 1.78. The average Bonchev–Trinajstić information content (AvgIpc) is 2.34. The molecular weight excluding hydrogens is 279 g/mol. The standard InChI is InChI=1S/C15H28F3N3/c1-14(2)4-3-13(19)12(9-14)10-20-5-7-21(8-6-20)11-15(16,17)18/h12-13H,3-11,19H2,1-2H3. The fourth-order valence-corrected chi connectivity index (χ4v) is 3.67. The van der Waals surface area contributed by atoms with Gasteiger partial charge in [0.15, 0.2) is 0 Å². The Morgan fingerprint density at radius 2 is 1.67 bits per heavy atom. The van der Waals surface area contributed by atoms with Crippen molar-refractivity contribution in [3.63, 3.8) is 0 Å². The summed E-state index contributed by atoms with van der Waals surface area (Å²) in [6.45, 7) is 7.18. The van der Waals surface area contributed by atoms with Gasteiger partial charge >= 0.3 is 6.18 Å². The molecule has 2 atom stereocenters. The van der Waals surface area contributed by atoms with E-state index in [1.54, 1.807) is 0 Å². The van der Waals surface area contributed by atoms with Crippen molar-refractivity contribution in [2.75, 3.05) is 39.3 Å². The van der Waals surface area contributed by atoms with Crippen molar-refractivity contribution < 1.29 is 13.2 Å². The molecule has 0 aromatic rings. The van der Waals surface area contributed by atoms with Gasteiger partial charge < -0.3 is 10.6 Å². The molecule has 21 heavy (non-hydrogen) atoms. The lowest BCUT2D eigenvalue weighted by molar-refractivity contribution is -0.149. The summed E-state index contributed by atoms with van der Waals surface area (Å²) in [6.07, 6.45) is -0.732. The average molecular weight is 307 g/mol. The van der Waals surface area contributed by atoms with E-state index in [9.17, 15) is 13.2 Å². The molecule has 1 saturated carbocycles. The molecule has 1 aliphatic heterocycles. The molecule has 2 aliphatic rings. The zero-order valence-corrected chi connectivity index (χ0v) is 13.1. The van der Waals surface area contributed by atoms with Gasteiger partial charge in [0.25, 0.3) is 0 Å². The summed E-state index contributed by atoms with van der Waals surface area (Å²) < 4.78 is 37.1. The maximum Gasteiger partial charge on any atom is 0.401 e. The van der Waals surface area contributed by atoms with E-state index in [4.69, 9.17) is 5.73 Å². The molecule has 2 fully saturated rings. The summed E-state index contributed by atoms with van der Waals surface area (Å²) in [6, 6.07) is 0.242. The second-order valence-electron chi connectivity index (χ2n) is 7.52. The molecule has 0 aromatic carbocycles. The molecule has 0 radical (unpaired) electrons. The Morgan fingerprint density at radius 3 is 2.24 bits per heavy atom. The highest BCUT2D eigenvalue weighted by atomic mass is 19.4. The summed E-state index contributed by atoms with van der Waals surface area (Å²) in [5.41, 5.74) is 6.59. The Hall–Kier alpha value is -0.330. The zero-order chi connectivity index (χ0) is 15.7. The molecule has 6 heteroatoms. The lowest BCUT2D eigenvalue weighted by Gasteiger charge is -2.43. The first kappa shape index (κ1) is 17.0. The minimum atomic E-state index is -4.09. The number of rotatable bonds is 3. The second kappa shape index (κ2) is 6.42. The smallest absolute Gasteiger partial charge is 0.327 e. The van der Waals surface area contributed by atoms with E-state index in [1.807, 2.05) is 0 Å². The first-order valence-electron chi connectivity index (χ1n) is 7.92. The van der Waals surface area contributed by atoms with Crippen LogP contribution in [0.1, 0.15) is 33.1 Å². The highest BCUT2D eigenvalue weighted by Gasteiger charge is 2.35. The highest BCUT2D eigenvalue weighted by Crippen LogP contribution is 2.38. The Morgan fingerprint density at radius 1 is 1.10 bits per heavy atom. The molecule has 2 rings (SSSR count). The molecule has 2 N–H and O–H groups in total. The molecule has 1 aliphatic carbocycles. The molecule has 0 aromatic heterocycles. The number of nitrogens with two attached hydrogens (primary N) is 1. The van der Waals surface area contributed by atoms with Crippen molar-refractivity contribution in [3.8, 4) is 0 Å². The van der Waals surface area contributed by atoms with Gasteiger partial charge in [-0.25, -0.2) is 0 Å². The third-order valence-electron chi connectivity index (χ3n) is 4.94. The third-order valence-corrected chi connectivity index (χ3v) is 4.94. The molecule has 2 unspecified atom stereocenters. The van der Waals surface area contributed by atoms with Crippen LogP contribution in [0.15, 0.2) is 0 Å². The van der Waals surface area contributed by atoms with Gasteiger partial charge in [-0.15, -0.1) is 0 Å². The minimum Gasteiger partial charge on any atom is -0.327 e. The van der Waals surface area contributed by atoms with Crippen LogP contribution in [-0.4, -0.2) is 61.3 Å². The first-order valence-corrected chi connectivity index (χ1v) is 7.92. The van der Waals surface area contributed by atoms with E-state index >= 15 is 0 Å². The van der Waals surface area contributed by atoms with Gasteiger partial charge in [-0.2, -0.15) is 13.2 Å². The monoisotopic (exact) mass is 307 g/mol. The van der Waals surface area contributed by atoms with Crippen LogP contribution in [0.25, 0.3) is 0 Å².